The van der Waals surface area contributed by atoms with Crippen LogP contribution >= 0.6 is 0 Å². The zero-order valence-electron chi connectivity index (χ0n) is 11.1. The Kier molecular flexibility index (Phi) is 4.78. The Balaban J connectivity index is 1.88. The van der Waals surface area contributed by atoms with E-state index in [1.807, 2.05) is 12.1 Å². The summed E-state index contributed by atoms with van der Waals surface area (Å²) in [4.78, 5) is 6.53. The van der Waals surface area contributed by atoms with Crippen LogP contribution in [-0.4, -0.2) is 50.3 Å². The van der Waals surface area contributed by atoms with E-state index in [9.17, 15) is 0 Å². The first kappa shape index (κ1) is 13.1. The van der Waals surface area contributed by atoms with Gasteiger partial charge < -0.3 is 19.7 Å². The van der Waals surface area contributed by atoms with Crippen LogP contribution in [0.1, 0.15) is 12.0 Å². The lowest BCUT2D eigenvalue weighted by Crippen LogP contribution is -2.16. The van der Waals surface area contributed by atoms with Crippen LogP contribution in [0.15, 0.2) is 12.1 Å². The van der Waals surface area contributed by atoms with E-state index in [1.165, 1.54) is 0 Å². The van der Waals surface area contributed by atoms with Gasteiger partial charge in [0.05, 0.1) is 6.61 Å². The van der Waals surface area contributed by atoms with E-state index in [0.29, 0.717) is 25.0 Å². The normalized spacial score (nSPS) is 14.8. The SMILES string of the molecule is CN(C)CCCOc1ccc2c(n1)OCCNC2. The number of fused-ring (bicyclic) bond motifs is 1. The van der Waals surface area contributed by atoms with Crippen molar-refractivity contribution in [3.05, 3.63) is 17.7 Å². The second-order valence-electron chi connectivity index (χ2n) is 4.64. The quantitative estimate of drug-likeness (QED) is 0.788. The lowest BCUT2D eigenvalue weighted by molar-refractivity contribution is 0.264. The molecule has 0 aromatic carbocycles. The molecule has 0 saturated heterocycles. The molecule has 0 bridgehead atoms. The third kappa shape index (κ3) is 3.85. The van der Waals surface area contributed by atoms with E-state index in [4.69, 9.17) is 9.47 Å². The maximum absolute atomic E-state index is 5.63. The zero-order chi connectivity index (χ0) is 12.8. The molecule has 1 aliphatic heterocycles. The Hall–Kier alpha value is -1.33. The number of pyridine rings is 1. The average Bonchev–Trinajstić information content (AvgIpc) is 2.59. The standard InChI is InChI=1S/C13H21N3O2/c1-16(2)7-3-8-17-12-5-4-11-10-14-6-9-18-13(11)15-12/h4-5,14H,3,6-10H2,1-2H3. The Bertz CT molecular complexity index is 382. The number of nitrogens with one attached hydrogen (secondary N) is 1. The monoisotopic (exact) mass is 251 g/mol. The van der Waals surface area contributed by atoms with E-state index in [0.717, 1.165) is 31.6 Å². The van der Waals surface area contributed by atoms with Gasteiger partial charge in [-0.3, -0.25) is 0 Å². The zero-order valence-corrected chi connectivity index (χ0v) is 11.1. The first-order chi connectivity index (χ1) is 8.75. The maximum atomic E-state index is 5.63. The van der Waals surface area contributed by atoms with Crippen molar-refractivity contribution in [3.63, 3.8) is 0 Å². The minimum absolute atomic E-state index is 0.648. The van der Waals surface area contributed by atoms with Crippen LogP contribution in [0.3, 0.4) is 0 Å². The summed E-state index contributed by atoms with van der Waals surface area (Å²) in [6.45, 7) is 4.02. The summed E-state index contributed by atoms with van der Waals surface area (Å²) in [5.74, 6) is 1.35. The molecule has 5 nitrogen and oxygen atoms in total. The van der Waals surface area contributed by atoms with Gasteiger partial charge in [0, 0.05) is 31.3 Å². The van der Waals surface area contributed by atoms with E-state index in [2.05, 4.69) is 29.3 Å². The third-order valence-electron chi connectivity index (χ3n) is 2.75. The van der Waals surface area contributed by atoms with Crippen LogP contribution in [0.4, 0.5) is 0 Å². The Morgan fingerprint density at radius 1 is 1.44 bits per heavy atom. The van der Waals surface area contributed by atoms with Crippen molar-refractivity contribution in [1.29, 1.82) is 0 Å². The fraction of sp³-hybridized carbons (Fsp3) is 0.615. The molecular weight excluding hydrogens is 230 g/mol. The third-order valence-corrected chi connectivity index (χ3v) is 2.75. The predicted molar refractivity (Wildman–Crippen MR) is 70.1 cm³/mol. The molecule has 0 saturated carbocycles. The lowest BCUT2D eigenvalue weighted by atomic mass is 10.2. The van der Waals surface area contributed by atoms with Crippen molar-refractivity contribution < 1.29 is 9.47 Å². The minimum atomic E-state index is 0.648. The highest BCUT2D eigenvalue weighted by Gasteiger charge is 2.10. The highest BCUT2D eigenvalue weighted by molar-refractivity contribution is 5.31. The smallest absolute Gasteiger partial charge is 0.221 e. The summed E-state index contributed by atoms with van der Waals surface area (Å²) in [6.07, 6.45) is 0.994. The predicted octanol–water partition coefficient (Wildman–Crippen LogP) is 0.894. The van der Waals surface area contributed by atoms with Gasteiger partial charge in [-0.1, -0.05) is 0 Å². The molecular formula is C13H21N3O2. The van der Waals surface area contributed by atoms with Gasteiger partial charge >= 0.3 is 0 Å². The maximum Gasteiger partial charge on any atom is 0.221 e. The molecule has 5 heteroatoms. The van der Waals surface area contributed by atoms with Crippen molar-refractivity contribution in [2.75, 3.05) is 40.4 Å². The van der Waals surface area contributed by atoms with Crippen molar-refractivity contribution in [1.82, 2.24) is 15.2 Å². The molecule has 0 radical (unpaired) electrons. The van der Waals surface area contributed by atoms with E-state index >= 15 is 0 Å². The Morgan fingerprint density at radius 3 is 3.17 bits per heavy atom. The molecule has 0 unspecified atom stereocenters. The molecule has 0 amide bonds. The number of hydrogen-bond donors (Lipinski definition) is 1. The second-order valence-corrected chi connectivity index (χ2v) is 4.64. The number of ether oxygens (including phenoxy) is 2. The van der Waals surface area contributed by atoms with Crippen LogP contribution in [0.2, 0.25) is 0 Å². The fourth-order valence-corrected chi connectivity index (χ4v) is 1.79. The molecule has 0 aliphatic carbocycles. The van der Waals surface area contributed by atoms with Crippen molar-refractivity contribution in [2.24, 2.45) is 0 Å². The molecule has 18 heavy (non-hydrogen) atoms. The molecule has 2 heterocycles. The highest BCUT2D eigenvalue weighted by Crippen LogP contribution is 2.21. The molecule has 2 rings (SSSR count). The van der Waals surface area contributed by atoms with Gasteiger partial charge in [0.2, 0.25) is 11.8 Å². The van der Waals surface area contributed by atoms with E-state index in [1.54, 1.807) is 0 Å². The Labute approximate surface area is 108 Å². The number of aromatic nitrogens is 1. The van der Waals surface area contributed by atoms with Gasteiger partial charge in [0.15, 0.2) is 0 Å². The van der Waals surface area contributed by atoms with E-state index in [-0.39, 0.29) is 0 Å². The first-order valence-electron chi connectivity index (χ1n) is 6.36. The molecule has 1 N–H and O–H groups in total. The second kappa shape index (κ2) is 6.56. The van der Waals surface area contributed by atoms with Gasteiger partial charge in [-0.15, -0.1) is 0 Å². The van der Waals surface area contributed by atoms with Gasteiger partial charge in [0.1, 0.15) is 6.61 Å². The van der Waals surface area contributed by atoms with E-state index < -0.39 is 0 Å². The van der Waals surface area contributed by atoms with Crippen molar-refractivity contribution in [3.8, 4) is 11.8 Å². The lowest BCUT2D eigenvalue weighted by Gasteiger charge is -2.11. The molecule has 1 aromatic rings. The van der Waals surface area contributed by atoms with Gasteiger partial charge in [0.25, 0.3) is 0 Å². The van der Waals surface area contributed by atoms with Crippen LogP contribution in [0, 0.1) is 0 Å². The molecule has 1 aliphatic rings. The molecule has 1 aromatic heterocycles. The topological polar surface area (TPSA) is 46.6 Å². The number of hydrogen-bond acceptors (Lipinski definition) is 5. The molecule has 0 atom stereocenters. The number of rotatable bonds is 5. The summed E-state index contributed by atoms with van der Waals surface area (Å²) >= 11 is 0. The highest BCUT2D eigenvalue weighted by atomic mass is 16.5. The van der Waals surface area contributed by atoms with Gasteiger partial charge in [-0.05, 0) is 26.6 Å². The Morgan fingerprint density at radius 2 is 2.33 bits per heavy atom. The van der Waals surface area contributed by atoms with Crippen molar-refractivity contribution >= 4 is 0 Å². The largest absolute Gasteiger partial charge is 0.478 e. The van der Waals surface area contributed by atoms with Crippen LogP contribution in [0.5, 0.6) is 11.8 Å². The molecule has 100 valence electrons. The number of nitrogens with zero attached hydrogens (tertiary/aromatic N) is 2. The van der Waals surface area contributed by atoms with Crippen molar-refractivity contribution in [2.45, 2.75) is 13.0 Å². The minimum Gasteiger partial charge on any atom is -0.478 e. The fourth-order valence-electron chi connectivity index (χ4n) is 1.79. The van der Waals surface area contributed by atoms with Gasteiger partial charge in [-0.25, -0.2) is 0 Å². The van der Waals surface area contributed by atoms with Gasteiger partial charge in [-0.2, -0.15) is 4.98 Å². The molecule has 0 spiro atoms. The van der Waals surface area contributed by atoms with Crippen LogP contribution in [0.25, 0.3) is 0 Å². The summed E-state index contributed by atoms with van der Waals surface area (Å²) in [5.41, 5.74) is 1.09. The summed E-state index contributed by atoms with van der Waals surface area (Å²) in [7, 11) is 4.11. The average molecular weight is 251 g/mol. The van der Waals surface area contributed by atoms with Crippen LogP contribution in [-0.2, 0) is 6.54 Å². The summed E-state index contributed by atoms with van der Waals surface area (Å²) < 4.78 is 11.2. The summed E-state index contributed by atoms with van der Waals surface area (Å²) in [5, 5.41) is 3.28. The summed E-state index contributed by atoms with van der Waals surface area (Å²) in [6, 6.07) is 3.92. The first-order valence-corrected chi connectivity index (χ1v) is 6.36. The van der Waals surface area contributed by atoms with Crippen LogP contribution < -0.4 is 14.8 Å². The molecule has 0 fully saturated rings.